The lowest BCUT2D eigenvalue weighted by molar-refractivity contribution is 0.102. The van der Waals surface area contributed by atoms with Crippen LogP contribution in [0, 0.1) is 11.2 Å². The van der Waals surface area contributed by atoms with Crippen LogP contribution in [0.3, 0.4) is 0 Å². The SMILES string of the molecule is CC(C)(C)CCc1ccc(NC(=O)c2cc(F)ccc2N)cc1. The summed E-state index contributed by atoms with van der Waals surface area (Å²) in [4.78, 5) is 12.2. The van der Waals surface area contributed by atoms with E-state index < -0.39 is 11.7 Å². The lowest BCUT2D eigenvalue weighted by Gasteiger charge is -2.17. The lowest BCUT2D eigenvalue weighted by atomic mass is 9.89. The van der Waals surface area contributed by atoms with Crippen molar-refractivity contribution in [3.05, 3.63) is 59.4 Å². The van der Waals surface area contributed by atoms with E-state index in [-0.39, 0.29) is 11.3 Å². The molecule has 0 unspecified atom stereocenters. The predicted octanol–water partition coefficient (Wildman–Crippen LogP) is 4.64. The zero-order chi connectivity index (χ0) is 17.0. The number of anilines is 2. The van der Waals surface area contributed by atoms with E-state index in [1.54, 1.807) is 0 Å². The number of nitrogen functional groups attached to an aromatic ring is 1. The van der Waals surface area contributed by atoms with E-state index >= 15 is 0 Å². The van der Waals surface area contributed by atoms with Crippen LogP contribution < -0.4 is 11.1 Å². The highest BCUT2D eigenvalue weighted by atomic mass is 19.1. The molecule has 0 fully saturated rings. The van der Waals surface area contributed by atoms with Gasteiger partial charge in [-0.15, -0.1) is 0 Å². The predicted molar refractivity (Wildman–Crippen MR) is 93.0 cm³/mol. The van der Waals surface area contributed by atoms with Crippen molar-refractivity contribution in [2.75, 3.05) is 11.1 Å². The molecular weight excluding hydrogens is 291 g/mol. The van der Waals surface area contributed by atoms with E-state index in [0.717, 1.165) is 18.9 Å². The summed E-state index contributed by atoms with van der Waals surface area (Å²) < 4.78 is 13.2. The zero-order valence-corrected chi connectivity index (χ0v) is 13.8. The van der Waals surface area contributed by atoms with Crippen molar-refractivity contribution < 1.29 is 9.18 Å². The second-order valence-electron chi connectivity index (χ2n) is 6.94. The van der Waals surface area contributed by atoms with Crippen LogP contribution in [0.2, 0.25) is 0 Å². The minimum atomic E-state index is -0.484. The first kappa shape index (κ1) is 17.0. The first-order chi connectivity index (χ1) is 10.7. The molecule has 0 radical (unpaired) electrons. The Morgan fingerprint density at radius 3 is 2.39 bits per heavy atom. The highest BCUT2D eigenvalue weighted by Crippen LogP contribution is 2.22. The summed E-state index contributed by atoms with van der Waals surface area (Å²) >= 11 is 0. The number of halogens is 1. The molecular formula is C19H23FN2O. The molecule has 2 aromatic carbocycles. The maximum absolute atomic E-state index is 13.2. The Bertz CT molecular complexity index is 688. The Morgan fingerprint density at radius 1 is 1.13 bits per heavy atom. The number of amides is 1. The Hall–Kier alpha value is -2.36. The quantitative estimate of drug-likeness (QED) is 0.808. The van der Waals surface area contributed by atoms with Crippen LogP contribution in [-0.2, 0) is 6.42 Å². The summed E-state index contributed by atoms with van der Waals surface area (Å²) in [5, 5.41) is 2.74. The van der Waals surface area contributed by atoms with E-state index in [1.165, 1.54) is 17.7 Å². The van der Waals surface area contributed by atoms with E-state index in [9.17, 15) is 9.18 Å². The summed E-state index contributed by atoms with van der Waals surface area (Å²) in [6, 6.07) is 11.5. The number of nitrogens with two attached hydrogens (primary N) is 1. The molecule has 0 heterocycles. The number of carbonyl (C=O) groups is 1. The fourth-order valence-electron chi connectivity index (χ4n) is 2.20. The van der Waals surface area contributed by atoms with Crippen molar-refractivity contribution in [3.63, 3.8) is 0 Å². The highest BCUT2D eigenvalue weighted by Gasteiger charge is 2.12. The summed E-state index contributed by atoms with van der Waals surface area (Å²) in [5.41, 5.74) is 8.30. The molecule has 0 bridgehead atoms. The van der Waals surface area contributed by atoms with Gasteiger partial charge in [0.2, 0.25) is 0 Å². The number of aryl methyl sites for hydroxylation is 1. The van der Waals surface area contributed by atoms with Crippen LogP contribution in [0.15, 0.2) is 42.5 Å². The number of hydrogen-bond donors (Lipinski definition) is 2. The van der Waals surface area contributed by atoms with Crippen molar-refractivity contribution in [1.82, 2.24) is 0 Å². The fourth-order valence-corrected chi connectivity index (χ4v) is 2.20. The Kier molecular flexibility index (Phi) is 5.04. The van der Waals surface area contributed by atoms with Gasteiger partial charge in [0, 0.05) is 11.4 Å². The number of hydrogen-bond acceptors (Lipinski definition) is 2. The van der Waals surface area contributed by atoms with E-state index in [4.69, 9.17) is 5.73 Å². The molecule has 122 valence electrons. The Labute approximate surface area is 136 Å². The third-order valence-electron chi connectivity index (χ3n) is 3.64. The van der Waals surface area contributed by atoms with Crippen molar-refractivity contribution in [2.45, 2.75) is 33.6 Å². The van der Waals surface area contributed by atoms with Gasteiger partial charge in [0.15, 0.2) is 0 Å². The van der Waals surface area contributed by atoms with Gasteiger partial charge in [0.1, 0.15) is 5.82 Å². The molecule has 4 heteroatoms. The molecule has 0 aromatic heterocycles. The minimum absolute atomic E-state index is 0.141. The van der Waals surface area contributed by atoms with Crippen LogP contribution in [-0.4, -0.2) is 5.91 Å². The zero-order valence-electron chi connectivity index (χ0n) is 13.8. The van der Waals surface area contributed by atoms with Gasteiger partial charge >= 0.3 is 0 Å². The number of carbonyl (C=O) groups excluding carboxylic acids is 1. The van der Waals surface area contributed by atoms with Crippen LogP contribution in [0.4, 0.5) is 15.8 Å². The molecule has 0 atom stereocenters. The Balaban J connectivity index is 2.03. The van der Waals surface area contributed by atoms with E-state index in [2.05, 4.69) is 26.1 Å². The van der Waals surface area contributed by atoms with Gasteiger partial charge < -0.3 is 11.1 Å². The van der Waals surface area contributed by atoms with Crippen molar-refractivity contribution in [3.8, 4) is 0 Å². The van der Waals surface area contributed by atoms with E-state index in [0.29, 0.717) is 11.1 Å². The average molecular weight is 314 g/mol. The van der Waals surface area contributed by atoms with Gasteiger partial charge in [-0.1, -0.05) is 32.9 Å². The maximum Gasteiger partial charge on any atom is 0.257 e. The van der Waals surface area contributed by atoms with Gasteiger partial charge in [0.25, 0.3) is 5.91 Å². The van der Waals surface area contributed by atoms with Crippen molar-refractivity contribution in [2.24, 2.45) is 5.41 Å². The normalized spacial score (nSPS) is 11.3. The van der Waals surface area contributed by atoms with Crippen molar-refractivity contribution >= 4 is 17.3 Å². The average Bonchev–Trinajstić information content (AvgIpc) is 2.48. The van der Waals surface area contributed by atoms with Gasteiger partial charge in [-0.05, 0) is 54.2 Å². The van der Waals surface area contributed by atoms with Crippen molar-refractivity contribution in [1.29, 1.82) is 0 Å². The van der Waals surface area contributed by atoms with Crippen LogP contribution >= 0.6 is 0 Å². The number of benzene rings is 2. The number of rotatable bonds is 4. The molecule has 0 aliphatic carbocycles. The highest BCUT2D eigenvalue weighted by molar-refractivity contribution is 6.07. The third-order valence-corrected chi connectivity index (χ3v) is 3.64. The molecule has 3 N–H and O–H groups in total. The topological polar surface area (TPSA) is 55.1 Å². The van der Waals surface area contributed by atoms with Gasteiger partial charge in [-0.3, -0.25) is 4.79 Å². The molecule has 1 amide bonds. The maximum atomic E-state index is 13.2. The summed E-state index contributed by atoms with van der Waals surface area (Å²) in [7, 11) is 0. The monoisotopic (exact) mass is 314 g/mol. The molecule has 0 spiro atoms. The molecule has 23 heavy (non-hydrogen) atoms. The molecule has 2 aromatic rings. The molecule has 2 rings (SSSR count). The molecule has 0 saturated carbocycles. The van der Waals surface area contributed by atoms with Gasteiger partial charge in [0.05, 0.1) is 5.56 Å². The molecule has 0 aliphatic rings. The third kappa shape index (κ3) is 5.09. The first-order valence-electron chi connectivity index (χ1n) is 7.70. The molecule has 3 nitrogen and oxygen atoms in total. The standard InChI is InChI=1S/C19H23FN2O/c1-19(2,3)11-10-13-4-7-15(8-5-13)22-18(23)16-12-14(20)6-9-17(16)21/h4-9,12H,10-11,21H2,1-3H3,(H,22,23). The largest absolute Gasteiger partial charge is 0.398 e. The molecule has 0 saturated heterocycles. The summed E-state index contributed by atoms with van der Waals surface area (Å²) in [6.07, 6.45) is 2.09. The smallest absolute Gasteiger partial charge is 0.257 e. The second-order valence-corrected chi connectivity index (χ2v) is 6.94. The van der Waals surface area contributed by atoms with Gasteiger partial charge in [-0.25, -0.2) is 4.39 Å². The lowest BCUT2D eigenvalue weighted by Crippen LogP contribution is -2.14. The van der Waals surface area contributed by atoms with Crippen LogP contribution in [0.25, 0.3) is 0 Å². The fraction of sp³-hybridized carbons (Fsp3) is 0.316. The summed E-state index contributed by atoms with van der Waals surface area (Å²) in [5.74, 6) is -0.897. The Morgan fingerprint density at radius 2 is 1.78 bits per heavy atom. The molecule has 0 aliphatic heterocycles. The van der Waals surface area contributed by atoms with Crippen LogP contribution in [0.1, 0.15) is 43.1 Å². The van der Waals surface area contributed by atoms with Crippen LogP contribution in [0.5, 0.6) is 0 Å². The first-order valence-corrected chi connectivity index (χ1v) is 7.70. The summed E-state index contributed by atoms with van der Waals surface area (Å²) in [6.45, 7) is 6.64. The minimum Gasteiger partial charge on any atom is -0.398 e. The van der Waals surface area contributed by atoms with Gasteiger partial charge in [-0.2, -0.15) is 0 Å². The second kappa shape index (κ2) is 6.82. The van der Waals surface area contributed by atoms with E-state index in [1.807, 2.05) is 24.3 Å². The number of nitrogens with one attached hydrogen (secondary N) is 1.